The van der Waals surface area contributed by atoms with Gasteiger partial charge in [-0.15, -0.1) is 0 Å². The Balaban J connectivity index is 1.34. The van der Waals surface area contributed by atoms with Gasteiger partial charge in [0.05, 0.1) is 17.4 Å². The van der Waals surface area contributed by atoms with Crippen molar-refractivity contribution in [3.05, 3.63) is 131 Å². The van der Waals surface area contributed by atoms with Gasteiger partial charge in [0.1, 0.15) is 5.82 Å². The van der Waals surface area contributed by atoms with Crippen molar-refractivity contribution in [2.24, 2.45) is 5.92 Å². The van der Waals surface area contributed by atoms with Crippen molar-refractivity contribution in [1.82, 2.24) is 14.7 Å². The second kappa shape index (κ2) is 8.12. The Labute approximate surface area is 221 Å². The van der Waals surface area contributed by atoms with Gasteiger partial charge in [-0.2, -0.15) is 5.10 Å². The summed E-state index contributed by atoms with van der Waals surface area (Å²) in [6.07, 6.45) is 1.89. The molecule has 3 unspecified atom stereocenters. The fraction of sp³-hybridized carbons (Fsp3) is 0.212. The zero-order chi connectivity index (χ0) is 26.1. The number of piperidine rings is 1. The van der Waals surface area contributed by atoms with Crippen LogP contribution in [-0.2, 0) is 10.8 Å². The van der Waals surface area contributed by atoms with Crippen LogP contribution in [0.15, 0.2) is 103 Å². The molecule has 0 bridgehead atoms. The molecule has 1 amide bonds. The minimum Gasteiger partial charge on any atom is -0.337 e. The Kier molecular flexibility index (Phi) is 4.90. The van der Waals surface area contributed by atoms with Crippen LogP contribution in [0.1, 0.15) is 34.0 Å². The molecule has 0 N–H and O–H groups in total. The van der Waals surface area contributed by atoms with Crippen molar-refractivity contribution in [2.75, 3.05) is 13.1 Å². The number of benzene rings is 4. The third-order valence-corrected chi connectivity index (χ3v) is 9.13. The molecule has 2 aliphatic rings. The number of aromatic nitrogens is 2. The number of aryl methyl sites for hydroxylation is 1. The Hall–Kier alpha value is -4.25. The molecule has 1 aliphatic carbocycles. The standard InChI is InChI=1S/C33H28FN3O/c1-22-17-29-24(19-35-37(29)27-15-13-26(34)14-16-27)18-28(22)33-21-36(31(38)23-9-5-3-6-10-23)20-30(33)32(33,2)25-11-7-4-8-12-25/h3-19,30H,20-21H2,1-2H3. The van der Waals surface area contributed by atoms with E-state index in [1.54, 1.807) is 12.1 Å². The maximum absolute atomic E-state index is 13.5. The van der Waals surface area contributed by atoms with Crippen molar-refractivity contribution in [3.63, 3.8) is 0 Å². The van der Waals surface area contributed by atoms with Crippen LogP contribution < -0.4 is 0 Å². The van der Waals surface area contributed by atoms with E-state index in [0.29, 0.717) is 12.5 Å². The molecule has 0 radical (unpaired) electrons. The van der Waals surface area contributed by atoms with Crippen molar-refractivity contribution in [1.29, 1.82) is 0 Å². The predicted molar refractivity (Wildman–Crippen MR) is 147 cm³/mol. The van der Waals surface area contributed by atoms with Gasteiger partial charge in [-0.25, -0.2) is 9.07 Å². The van der Waals surface area contributed by atoms with Crippen LogP contribution in [0.25, 0.3) is 16.6 Å². The van der Waals surface area contributed by atoms with Gasteiger partial charge in [0.25, 0.3) is 5.91 Å². The molecule has 4 nitrogen and oxygen atoms in total. The monoisotopic (exact) mass is 501 g/mol. The number of carbonyl (C=O) groups excluding carboxylic acids is 1. The van der Waals surface area contributed by atoms with E-state index >= 15 is 0 Å². The lowest BCUT2D eigenvalue weighted by Gasteiger charge is -2.31. The number of amides is 1. The van der Waals surface area contributed by atoms with Crippen molar-refractivity contribution < 1.29 is 9.18 Å². The first-order chi connectivity index (χ1) is 18.4. The lowest BCUT2D eigenvalue weighted by Crippen LogP contribution is -2.38. The summed E-state index contributed by atoms with van der Waals surface area (Å²) in [6, 6.07) is 31.2. The molecule has 188 valence electrons. The van der Waals surface area contributed by atoms with Crippen LogP contribution in [0.4, 0.5) is 4.39 Å². The van der Waals surface area contributed by atoms with Crippen LogP contribution in [-0.4, -0.2) is 33.7 Å². The molecule has 1 aromatic heterocycles. The fourth-order valence-electron chi connectivity index (χ4n) is 7.15. The maximum atomic E-state index is 13.5. The van der Waals surface area contributed by atoms with Gasteiger partial charge < -0.3 is 4.90 Å². The molecule has 2 heterocycles. The molecule has 1 aliphatic heterocycles. The van der Waals surface area contributed by atoms with E-state index < -0.39 is 0 Å². The predicted octanol–water partition coefficient (Wildman–Crippen LogP) is 6.45. The minimum absolute atomic E-state index is 0.0763. The van der Waals surface area contributed by atoms with Gasteiger partial charge in [-0.1, -0.05) is 55.5 Å². The first kappa shape index (κ1) is 22.9. The van der Waals surface area contributed by atoms with E-state index in [-0.39, 0.29) is 22.6 Å². The summed E-state index contributed by atoms with van der Waals surface area (Å²) in [5.41, 5.74) is 6.07. The normalized spacial score (nSPS) is 24.0. The Morgan fingerprint density at radius 2 is 1.63 bits per heavy atom. The van der Waals surface area contributed by atoms with E-state index in [1.165, 1.54) is 28.8 Å². The van der Waals surface area contributed by atoms with Gasteiger partial charge in [0, 0.05) is 34.9 Å². The average molecular weight is 502 g/mol. The SMILES string of the molecule is Cc1cc2c(cnn2-c2ccc(F)cc2)cc1C12CN(C(=O)c3ccccc3)CC1C2(C)c1ccccc1. The second-order valence-corrected chi connectivity index (χ2v) is 10.9. The van der Waals surface area contributed by atoms with Crippen LogP contribution >= 0.6 is 0 Å². The molecule has 2 fully saturated rings. The van der Waals surface area contributed by atoms with Gasteiger partial charge in [-0.3, -0.25) is 4.79 Å². The zero-order valence-electron chi connectivity index (χ0n) is 21.4. The highest BCUT2D eigenvalue weighted by Gasteiger charge is 2.78. The first-order valence-electron chi connectivity index (χ1n) is 13.1. The quantitative estimate of drug-likeness (QED) is 0.284. The van der Waals surface area contributed by atoms with E-state index in [4.69, 9.17) is 0 Å². The zero-order valence-corrected chi connectivity index (χ0v) is 21.4. The molecule has 4 aromatic carbocycles. The van der Waals surface area contributed by atoms with Gasteiger partial charge in [0.2, 0.25) is 0 Å². The lowest BCUT2D eigenvalue weighted by molar-refractivity contribution is 0.0760. The van der Waals surface area contributed by atoms with Crippen molar-refractivity contribution >= 4 is 16.8 Å². The number of halogens is 1. The van der Waals surface area contributed by atoms with Gasteiger partial charge >= 0.3 is 0 Å². The third-order valence-electron chi connectivity index (χ3n) is 9.13. The number of nitrogens with zero attached hydrogens (tertiary/aromatic N) is 3. The molecule has 3 atom stereocenters. The molecule has 0 spiro atoms. The van der Waals surface area contributed by atoms with Crippen LogP contribution in [0.2, 0.25) is 0 Å². The summed E-state index contributed by atoms with van der Waals surface area (Å²) in [5.74, 6) is 0.141. The topological polar surface area (TPSA) is 38.1 Å². The molecule has 5 heteroatoms. The Morgan fingerprint density at radius 3 is 2.34 bits per heavy atom. The number of hydrogen-bond donors (Lipinski definition) is 0. The number of likely N-dealkylation sites (tertiary alicyclic amines) is 1. The molecular formula is C33H28FN3O. The highest BCUT2D eigenvalue weighted by Crippen LogP contribution is 2.73. The number of hydrogen-bond acceptors (Lipinski definition) is 2. The van der Waals surface area contributed by atoms with Gasteiger partial charge in [-0.05, 0) is 78.1 Å². The summed E-state index contributed by atoms with van der Waals surface area (Å²) in [5, 5.41) is 5.69. The second-order valence-electron chi connectivity index (χ2n) is 10.9. The average Bonchev–Trinajstić information content (AvgIpc) is 3.29. The van der Waals surface area contributed by atoms with Crippen molar-refractivity contribution in [2.45, 2.75) is 24.7 Å². The molecule has 38 heavy (non-hydrogen) atoms. The molecule has 5 aromatic rings. The van der Waals surface area contributed by atoms with E-state index in [0.717, 1.165) is 28.7 Å². The summed E-state index contributed by atoms with van der Waals surface area (Å²) >= 11 is 0. The maximum Gasteiger partial charge on any atom is 0.253 e. The largest absolute Gasteiger partial charge is 0.337 e. The lowest BCUT2D eigenvalue weighted by atomic mass is 9.80. The Bertz CT molecular complexity index is 1680. The molecule has 1 saturated heterocycles. The Morgan fingerprint density at radius 1 is 0.947 bits per heavy atom. The highest BCUT2D eigenvalue weighted by atomic mass is 19.1. The number of fused-ring (bicyclic) bond motifs is 2. The van der Waals surface area contributed by atoms with Crippen LogP contribution in [0.5, 0.6) is 0 Å². The summed E-state index contributed by atoms with van der Waals surface area (Å²) in [4.78, 5) is 15.5. The summed E-state index contributed by atoms with van der Waals surface area (Å²) in [6.45, 7) is 5.93. The van der Waals surface area contributed by atoms with E-state index in [2.05, 4.69) is 61.4 Å². The van der Waals surface area contributed by atoms with Crippen LogP contribution in [0, 0.1) is 18.7 Å². The van der Waals surface area contributed by atoms with E-state index in [9.17, 15) is 9.18 Å². The third kappa shape index (κ3) is 3.08. The number of carbonyl (C=O) groups is 1. The number of rotatable bonds is 4. The first-order valence-corrected chi connectivity index (χ1v) is 13.1. The molecular weight excluding hydrogens is 473 g/mol. The highest BCUT2D eigenvalue weighted by molar-refractivity contribution is 5.95. The van der Waals surface area contributed by atoms with Crippen LogP contribution in [0.3, 0.4) is 0 Å². The molecule has 1 saturated carbocycles. The van der Waals surface area contributed by atoms with Crippen molar-refractivity contribution in [3.8, 4) is 5.69 Å². The summed E-state index contributed by atoms with van der Waals surface area (Å²) < 4.78 is 15.4. The fourth-order valence-corrected chi connectivity index (χ4v) is 7.15. The smallest absolute Gasteiger partial charge is 0.253 e. The molecule has 7 rings (SSSR count). The van der Waals surface area contributed by atoms with E-state index in [1.807, 2.05) is 46.1 Å². The summed E-state index contributed by atoms with van der Waals surface area (Å²) in [7, 11) is 0. The van der Waals surface area contributed by atoms with Gasteiger partial charge in [0.15, 0.2) is 0 Å². The minimum atomic E-state index is -0.265.